The molecule has 0 aliphatic carbocycles. The first-order valence-electron chi connectivity index (χ1n) is 34.9. The zero-order valence-electron chi connectivity index (χ0n) is 81.1. The Labute approximate surface area is 712 Å². The molecule has 0 saturated carbocycles. The average Bonchev–Trinajstić information content (AvgIpc) is 0.889. The summed E-state index contributed by atoms with van der Waals surface area (Å²) in [5.41, 5.74) is -0.885. The predicted molar refractivity (Wildman–Crippen MR) is 430 cm³/mol. The third-order valence-corrected chi connectivity index (χ3v) is 12.0. The minimum Gasteiger partial charge on any atom is -0.450 e. The fourth-order valence-electron chi connectivity index (χ4n) is 2.96. The van der Waals surface area contributed by atoms with Gasteiger partial charge in [0.2, 0.25) is 0 Å². The van der Waals surface area contributed by atoms with Crippen LogP contribution in [-0.4, -0.2) is 349 Å². The smallest absolute Gasteiger partial charge is 0.450 e. The highest BCUT2D eigenvalue weighted by Crippen LogP contribution is 2.27. The molecule has 0 bridgehead atoms. The molecule has 0 heterocycles. The van der Waals surface area contributed by atoms with E-state index in [1.165, 1.54) is 199 Å². The molecule has 0 aliphatic rings. The Kier molecular flexibility index (Phi) is 219. The summed E-state index contributed by atoms with van der Waals surface area (Å²) in [7, 11) is 41.3. The van der Waals surface area contributed by atoms with Gasteiger partial charge in [0.25, 0.3) is 0 Å². The number of carbonyl (C=O) groups is 1. The number of hydrogen-bond acceptors (Lipinski definition) is 47. The molecule has 0 saturated heterocycles. The first-order valence-corrected chi connectivity index (χ1v) is 34.9. The van der Waals surface area contributed by atoms with Crippen LogP contribution >= 0.6 is 0 Å². The van der Waals surface area contributed by atoms with E-state index in [9.17, 15) is 0 Å². The molecule has 752 valence electrons. The van der Waals surface area contributed by atoms with Crippen LogP contribution in [0.5, 0.6) is 0 Å². The zero-order chi connectivity index (χ0) is 98.7. The second kappa shape index (κ2) is 156. The summed E-state index contributed by atoms with van der Waals surface area (Å²) in [6.07, 6.45) is 3.12. The molecule has 0 fully saturated rings. The zero-order valence-corrected chi connectivity index (χ0v) is 81.1. The molecule has 0 aromatic heterocycles. The number of aliphatic hydroxyl groups is 8. The van der Waals surface area contributed by atoms with Gasteiger partial charge in [-0.2, -0.15) is 0 Å². The molecule has 0 rings (SSSR count). The Hall–Kier alpha value is -2.57. The van der Waals surface area contributed by atoms with Crippen molar-refractivity contribution in [1.82, 2.24) is 0 Å². The van der Waals surface area contributed by atoms with Crippen molar-refractivity contribution in [1.29, 1.82) is 0 Å². The van der Waals surface area contributed by atoms with E-state index in [0.717, 1.165) is 39.2 Å². The van der Waals surface area contributed by atoms with E-state index >= 15 is 0 Å². The van der Waals surface area contributed by atoms with E-state index in [1.54, 1.807) is 13.8 Å². The number of carboxylic acid groups (broad SMARTS) is 2. The second-order valence-electron chi connectivity index (χ2n) is 23.4. The van der Waals surface area contributed by atoms with Gasteiger partial charge in [-0.15, -0.1) is 0 Å². The van der Waals surface area contributed by atoms with Crippen molar-refractivity contribution in [2.75, 3.05) is 292 Å². The van der Waals surface area contributed by atoms with Crippen LogP contribution in [0.4, 0.5) is 4.79 Å². The van der Waals surface area contributed by atoms with E-state index in [2.05, 4.69) is 206 Å². The topological polar surface area (TPSA) is 570 Å². The summed E-state index contributed by atoms with van der Waals surface area (Å²) in [5.74, 6) is 0. The molecule has 0 aromatic rings. The number of hydrogen-bond donors (Lipinski definition) is 10. The van der Waals surface area contributed by atoms with Gasteiger partial charge >= 0.3 is 6.16 Å². The third-order valence-electron chi connectivity index (χ3n) is 12.0. The molecule has 119 heavy (non-hydrogen) atoms. The van der Waals surface area contributed by atoms with Crippen LogP contribution in [0.15, 0.2) is 0 Å². The van der Waals surface area contributed by atoms with Crippen LogP contribution in [0.1, 0.15) is 136 Å². The molecule has 1 atom stereocenters. The van der Waals surface area contributed by atoms with E-state index < -0.39 is 6.16 Å². The molecule has 49 heteroatoms. The fraction of sp³-hybridized carbons (Fsp3) is 0.986. The van der Waals surface area contributed by atoms with E-state index in [0.29, 0.717) is 46.2 Å². The SMILES string of the molecule is CC(C)(CO)CO.CCC(C)(CC)CO.CCC(CC)(COOC)COOC.CC[C@@](C)(CO)COOC.CO.COOC.COOC.COOC.COOC.COOC.COOC.COOC.COOC.COOC.COOCC(C)(C)CO.COOCC(C)(C)CO.COOCC(C)(C)CO.COOOOC.COOOOC.O=C(O)O. The van der Waals surface area contributed by atoms with Crippen LogP contribution in [-0.2, 0) is 186 Å². The maximum absolute atomic E-state index is 8.88. The van der Waals surface area contributed by atoms with Crippen LogP contribution in [0.3, 0.4) is 0 Å². The summed E-state index contributed by atoms with van der Waals surface area (Å²) >= 11 is 0. The van der Waals surface area contributed by atoms with Crippen molar-refractivity contribution >= 4 is 6.16 Å². The molecule has 0 unspecified atom stereocenters. The predicted octanol–water partition coefficient (Wildman–Crippen LogP) is 8.17. The van der Waals surface area contributed by atoms with Crippen molar-refractivity contribution in [3.63, 3.8) is 0 Å². The summed E-state index contributed by atoms with van der Waals surface area (Å²) in [4.78, 5) is 152. The molecular formula is C70H178O49. The van der Waals surface area contributed by atoms with Crippen molar-refractivity contribution in [3.05, 3.63) is 0 Å². The normalized spacial score (nSPS) is 10.4. The number of aliphatic hydroxyl groups excluding tert-OH is 8. The van der Waals surface area contributed by atoms with Gasteiger partial charge in [-0.1, -0.05) is 104 Å². The third kappa shape index (κ3) is 241. The molecular weight excluding hydrogens is 1620 g/mol. The Morgan fingerprint density at radius 1 is 0.202 bits per heavy atom. The molecule has 49 nitrogen and oxygen atoms in total. The lowest BCUT2D eigenvalue weighted by molar-refractivity contribution is -0.622. The largest absolute Gasteiger partial charge is 0.503 e. The average molecular weight is 1800 g/mol. The van der Waals surface area contributed by atoms with Gasteiger partial charge in [-0.3, -0.25) is 0 Å². The summed E-state index contributed by atoms with van der Waals surface area (Å²) in [6.45, 7) is 33.1. The van der Waals surface area contributed by atoms with Crippen molar-refractivity contribution in [2.45, 2.75) is 136 Å². The van der Waals surface area contributed by atoms with Gasteiger partial charge < -0.3 is 51.1 Å². The maximum atomic E-state index is 8.88. The van der Waals surface area contributed by atoms with Crippen molar-refractivity contribution < 1.29 is 242 Å². The summed E-state index contributed by atoms with van der Waals surface area (Å²) in [5, 5.41) is 96.6. The highest BCUT2D eigenvalue weighted by atomic mass is 17.7. The Morgan fingerprint density at radius 3 is 0.429 bits per heavy atom. The van der Waals surface area contributed by atoms with E-state index in [4.69, 9.17) is 70.5 Å². The second-order valence-corrected chi connectivity index (χ2v) is 23.4. The molecule has 0 amide bonds. The van der Waals surface area contributed by atoms with Crippen LogP contribution in [0, 0.1) is 37.9 Å². The van der Waals surface area contributed by atoms with Crippen molar-refractivity contribution in [2.24, 2.45) is 37.9 Å². The standard InChI is InChI=1S/C9H20O4.C7H16O3.C7H16O.3C6H14O3.C5H12O2.2C2H6O4.9C2H6O2.CH2O3.CH4O/c1-5-9(6-2,7-12-10-3)8-13-11-4;1-4-7(2,5-8)6-10-9-3;1-4-7(3,5-2)6-8;3*1-6(2,4-7)5-9-8-3;1-5(2,3-6)4-7;2*1-3-5-6-4-2;9*1-3-4-2;2-1(3)4;1-2/h5-8H2,1-4H3;8H,4-6H2,1-3H3;8H,4-6H2,1-3H3;3*7H,4-5H2,1-3H3;6-7H,3-4H2,1-2H3;2*1-2H3;9*1-2H3;(H2,2,3,4);2H,1H3/t;7-;;;;;;;;;;;;;;;;;;/m.0................../s1. The van der Waals surface area contributed by atoms with Crippen LogP contribution in [0.2, 0.25) is 0 Å². The fourth-order valence-corrected chi connectivity index (χ4v) is 2.96. The van der Waals surface area contributed by atoms with Crippen LogP contribution < -0.4 is 0 Å². The van der Waals surface area contributed by atoms with Crippen molar-refractivity contribution in [3.8, 4) is 0 Å². The Bertz CT molecular complexity index is 1310. The maximum Gasteiger partial charge on any atom is 0.503 e. The first kappa shape index (κ1) is 167. The first-order chi connectivity index (χ1) is 55.9. The van der Waals surface area contributed by atoms with E-state index in [-0.39, 0.29) is 77.5 Å². The Morgan fingerprint density at radius 2 is 0.345 bits per heavy atom. The van der Waals surface area contributed by atoms with Gasteiger partial charge in [-0.05, 0) is 57.7 Å². The highest BCUT2D eigenvalue weighted by Gasteiger charge is 2.28. The molecule has 0 spiro atoms. The summed E-state index contributed by atoms with van der Waals surface area (Å²) < 4.78 is 0. The minimum absolute atomic E-state index is 0.00792. The Balaban J connectivity index is -0.0000000489. The molecule has 10 N–H and O–H groups in total. The van der Waals surface area contributed by atoms with Gasteiger partial charge in [0.15, 0.2) is 0 Å². The highest BCUT2D eigenvalue weighted by molar-refractivity contribution is 5.53. The lowest BCUT2D eigenvalue weighted by Crippen LogP contribution is -2.31. The van der Waals surface area contributed by atoms with Gasteiger partial charge in [0, 0.05) is 46.2 Å². The summed E-state index contributed by atoms with van der Waals surface area (Å²) in [6, 6.07) is 0. The number of rotatable bonds is 45. The quantitative estimate of drug-likeness (QED) is 0.0156. The van der Waals surface area contributed by atoms with E-state index in [1.807, 2.05) is 55.4 Å². The van der Waals surface area contributed by atoms with Gasteiger partial charge in [0.1, 0.15) is 0 Å². The molecule has 0 radical (unpaired) electrons. The molecule has 0 aromatic carbocycles. The molecule has 0 aliphatic heterocycles. The van der Waals surface area contributed by atoms with Gasteiger partial charge in [0.05, 0.1) is 278 Å². The van der Waals surface area contributed by atoms with Crippen LogP contribution in [0.25, 0.3) is 0 Å². The van der Waals surface area contributed by atoms with Gasteiger partial charge in [-0.25, -0.2) is 171 Å². The minimum atomic E-state index is -1.83. The lowest BCUT2D eigenvalue weighted by Gasteiger charge is -2.28. The monoisotopic (exact) mass is 1800 g/mol. The lowest BCUT2D eigenvalue weighted by atomic mass is 9.84.